The Labute approximate surface area is 138 Å². The van der Waals surface area contributed by atoms with Gasteiger partial charge in [0.15, 0.2) is 0 Å². The summed E-state index contributed by atoms with van der Waals surface area (Å²) in [7, 11) is 0. The number of hydrogen-bond acceptors (Lipinski definition) is 3. The molecule has 1 aromatic carbocycles. The van der Waals surface area contributed by atoms with E-state index in [0.29, 0.717) is 49.1 Å². The van der Waals surface area contributed by atoms with Gasteiger partial charge in [0.05, 0.1) is 0 Å². The molecule has 0 unspecified atom stereocenters. The van der Waals surface area contributed by atoms with Gasteiger partial charge in [0, 0.05) is 42.6 Å². The van der Waals surface area contributed by atoms with Crippen LogP contribution >= 0.6 is 23.2 Å². The highest BCUT2D eigenvalue weighted by molar-refractivity contribution is 6.34. The predicted molar refractivity (Wildman–Crippen MR) is 83.2 cm³/mol. The average molecular weight is 343 g/mol. The first-order chi connectivity index (χ1) is 10.5. The zero-order chi connectivity index (χ0) is 15.7. The molecule has 1 aromatic rings. The Morgan fingerprint density at radius 2 is 1.77 bits per heavy atom. The molecule has 3 rings (SSSR count). The minimum absolute atomic E-state index is 0.158. The van der Waals surface area contributed by atoms with Crippen LogP contribution in [0.1, 0.15) is 18.4 Å². The third-order valence-corrected chi connectivity index (χ3v) is 4.58. The zero-order valence-electron chi connectivity index (χ0n) is 11.9. The molecule has 3 amide bonds. The first-order valence-electron chi connectivity index (χ1n) is 7.17. The maximum Gasteiger partial charge on any atom is 0.325 e. The van der Waals surface area contributed by atoms with Crippen LogP contribution in [0.5, 0.6) is 0 Å². The van der Waals surface area contributed by atoms with Crippen LogP contribution in [0.3, 0.4) is 0 Å². The number of imide groups is 1. The van der Waals surface area contributed by atoms with Crippen LogP contribution in [0.4, 0.5) is 4.79 Å². The Kier molecular flexibility index (Phi) is 4.30. The van der Waals surface area contributed by atoms with Gasteiger partial charge in [-0.25, -0.2) is 4.79 Å². The van der Waals surface area contributed by atoms with Crippen molar-refractivity contribution in [3.63, 3.8) is 0 Å². The average Bonchev–Trinajstić information content (AvgIpc) is 2.68. The van der Waals surface area contributed by atoms with Crippen molar-refractivity contribution < 1.29 is 14.3 Å². The molecule has 0 aliphatic carbocycles. The fourth-order valence-corrected chi connectivity index (χ4v) is 3.51. The van der Waals surface area contributed by atoms with Gasteiger partial charge in [-0.05, 0) is 30.2 Å². The summed E-state index contributed by atoms with van der Waals surface area (Å²) in [4.78, 5) is 26.0. The predicted octanol–water partition coefficient (Wildman–Crippen LogP) is 2.64. The van der Waals surface area contributed by atoms with E-state index in [0.717, 1.165) is 5.56 Å². The van der Waals surface area contributed by atoms with E-state index in [4.69, 9.17) is 27.9 Å². The lowest BCUT2D eigenvalue weighted by Gasteiger charge is -2.30. The van der Waals surface area contributed by atoms with Crippen molar-refractivity contribution in [1.29, 1.82) is 0 Å². The number of rotatable bonds is 3. The van der Waals surface area contributed by atoms with Gasteiger partial charge >= 0.3 is 6.03 Å². The maximum absolute atomic E-state index is 12.6. The summed E-state index contributed by atoms with van der Waals surface area (Å²) in [6, 6.07) is 4.89. The lowest BCUT2D eigenvalue weighted by atomic mass is 9.90. The second-order valence-corrected chi connectivity index (χ2v) is 6.48. The van der Waals surface area contributed by atoms with Crippen molar-refractivity contribution in [2.45, 2.75) is 24.8 Å². The minimum atomic E-state index is -0.776. The van der Waals surface area contributed by atoms with Gasteiger partial charge in [0.2, 0.25) is 0 Å². The third-order valence-electron chi connectivity index (χ3n) is 4.14. The van der Waals surface area contributed by atoms with Crippen molar-refractivity contribution >= 4 is 35.1 Å². The van der Waals surface area contributed by atoms with Crippen molar-refractivity contribution in [2.75, 3.05) is 19.8 Å². The number of nitrogens with one attached hydrogen (secondary N) is 1. The van der Waals surface area contributed by atoms with Crippen molar-refractivity contribution in [2.24, 2.45) is 0 Å². The molecule has 2 saturated heterocycles. The van der Waals surface area contributed by atoms with Crippen LogP contribution in [0, 0.1) is 0 Å². The van der Waals surface area contributed by atoms with Crippen LogP contribution in [-0.2, 0) is 16.0 Å². The van der Waals surface area contributed by atoms with Crippen LogP contribution in [0.25, 0.3) is 0 Å². The van der Waals surface area contributed by atoms with Crippen LogP contribution < -0.4 is 5.32 Å². The number of halogens is 2. The topological polar surface area (TPSA) is 58.6 Å². The number of carbonyl (C=O) groups excluding carboxylic acids is 2. The highest BCUT2D eigenvalue weighted by atomic mass is 35.5. The Bertz CT molecular complexity index is 595. The molecule has 0 bridgehead atoms. The Morgan fingerprint density at radius 1 is 1.14 bits per heavy atom. The number of ether oxygens (including phenoxy) is 1. The summed E-state index contributed by atoms with van der Waals surface area (Å²) in [6.07, 6.45) is 1.57. The quantitative estimate of drug-likeness (QED) is 0.859. The van der Waals surface area contributed by atoms with E-state index in [1.807, 2.05) is 0 Å². The third kappa shape index (κ3) is 2.93. The molecule has 2 heterocycles. The summed E-state index contributed by atoms with van der Waals surface area (Å²) in [5, 5.41) is 3.92. The number of nitrogens with zero attached hydrogens (tertiary/aromatic N) is 1. The molecule has 0 saturated carbocycles. The molecule has 2 aliphatic rings. The normalized spacial score (nSPS) is 20.5. The SMILES string of the molecule is O=C1NC2(CCOCC2)C(=O)N1CCc1cc(Cl)cc(Cl)c1. The Balaban J connectivity index is 1.70. The fourth-order valence-electron chi connectivity index (χ4n) is 2.93. The second kappa shape index (κ2) is 6.07. The molecule has 2 fully saturated rings. The summed E-state index contributed by atoms with van der Waals surface area (Å²) in [5.41, 5.74) is 0.118. The van der Waals surface area contributed by atoms with Crippen molar-refractivity contribution in [3.8, 4) is 0 Å². The minimum Gasteiger partial charge on any atom is -0.381 e. The molecule has 1 N–H and O–H groups in total. The summed E-state index contributed by atoms with van der Waals surface area (Å²) in [6.45, 7) is 1.29. The van der Waals surface area contributed by atoms with Gasteiger partial charge in [-0.1, -0.05) is 23.2 Å². The standard InChI is InChI=1S/C15H16Cl2N2O3/c16-11-7-10(8-12(17)9-11)1-4-19-13(20)15(18-14(19)21)2-5-22-6-3-15/h7-9H,1-6H2,(H,18,21). The van der Waals surface area contributed by atoms with Crippen LogP contribution in [0.15, 0.2) is 18.2 Å². The van der Waals surface area contributed by atoms with Gasteiger partial charge < -0.3 is 10.1 Å². The van der Waals surface area contributed by atoms with E-state index >= 15 is 0 Å². The van der Waals surface area contributed by atoms with Gasteiger partial charge in [0.1, 0.15) is 5.54 Å². The number of carbonyl (C=O) groups is 2. The first-order valence-corrected chi connectivity index (χ1v) is 7.93. The number of urea groups is 1. The van der Waals surface area contributed by atoms with E-state index in [9.17, 15) is 9.59 Å². The molecule has 0 atom stereocenters. The molecule has 0 aromatic heterocycles. The van der Waals surface area contributed by atoms with E-state index in [-0.39, 0.29) is 11.9 Å². The fraction of sp³-hybridized carbons (Fsp3) is 0.467. The van der Waals surface area contributed by atoms with Crippen molar-refractivity contribution in [1.82, 2.24) is 10.2 Å². The van der Waals surface area contributed by atoms with E-state index in [1.54, 1.807) is 18.2 Å². The highest BCUT2D eigenvalue weighted by Crippen LogP contribution is 2.28. The summed E-state index contributed by atoms with van der Waals surface area (Å²) >= 11 is 11.9. The second-order valence-electron chi connectivity index (χ2n) is 5.61. The molecule has 22 heavy (non-hydrogen) atoms. The Hall–Kier alpha value is -1.30. The number of hydrogen-bond donors (Lipinski definition) is 1. The molecular weight excluding hydrogens is 327 g/mol. The number of benzene rings is 1. The number of amides is 3. The summed E-state index contributed by atoms with van der Waals surface area (Å²) < 4.78 is 5.28. The summed E-state index contributed by atoms with van der Waals surface area (Å²) in [5.74, 6) is -0.158. The Morgan fingerprint density at radius 3 is 2.41 bits per heavy atom. The van der Waals surface area contributed by atoms with Gasteiger partial charge in [0.25, 0.3) is 5.91 Å². The van der Waals surface area contributed by atoms with E-state index in [1.165, 1.54) is 4.90 Å². The van der Waals surface area contributed by atoms with Gasteiger partial charge in [-0.2, -0.15) is 0 Å². The smallest absolute Gasteiger partial charge is 0.325 e. The van der Waals surface area contributed by atoms with Crippen LogP contribution in [-0.4, -0.2) is 42.1 Å². The lowest BCUT2D eigenvalue weighted by molar-refractivity contribution is -0.134. The molecule has 0 radical (unpaired) electrons. The molecular formula is C15H16Cl2N2O3. The van der Waals surface area contributed by atoms with Gasteiger partial charge in [-0.3, -0.25) is 9.69 Å². The molecule has 2 aliphatic heterocycles. The van der Waals surface area contributed by atoms with E-state index < -0.39 is 5.54 Å². The maximum atomic E-state index is 12.6. The largest absolute Gasteiger partial charge is 0.381 e. The van der Waals surface area contributed by atoms with E-state index in [2.05, 4.69) is 5.32 Å². The first kappa shape index (κ1) is 15.6. The monoisotopic (exact) mass is 342 g/mol. The highest BCUT2D eigenvalue weighted by Gasteiger charge is 2.51. The molecule has 7 heteroatoms. The van der Waals surface area contributed by atoms with Crippen molar-refractivity contribution in [3.05, 3.63) is 33.8 Å². The molecule has 5 nitrogen and oxygen atoms in total. The zero-order valence-corrected chi connectivity index (χ0v) is 13.4. The molecule has 1 spiro atoms. The molecule has 118 valence electrons. The van der Waals surface area contributed by atoms with Crippen LogP contribution in [0.2, 0.25) is 10.0 Å². The van der Waals surface area contributed by atoms with Gasteiger partial charge in [-0.15, -0.1) is 0 Å². The lowest BCUT2D eigenvalue weighted by Crippen LogP contribution is -2.51.